The number of anilines is 1. The predicted molar refractivity (Wildman–Crippen MR) is 122 cm³/mol. The molecule has 4 aromatic rings. The molecule has 0 aliphatic heterocycles. The van der Waals surface area contributed by atoms with Crippen molar-refractivity contribution < 1.29 is 4.79 Å². The van der Waals surface area contributed by atoms with Crippen LogP contribution < -0.4 is 10.9 Å². The van der Waals surface area contributed by atoms with Crippen LogP contribution >= 0.6 is 23.1 Å². The molecule has 152 valence electrons. The molecule has 1 amide bonds. The lowest BCUT2D eigenvalue weighted by molar-refractivity contribution is -0.115. The maximum absolute atomic E-state index is 12.5. The second-order valence-electron chi connectivity index (χ2n) is 6.87. The summed E-state index contributed by atoms with van der Waals surface area (Å²) in [5.74, 6) is 0.423. The van der Waals surface area contributed by atoms with Gasteiger partial charge in [-0.05, 0) is 31.0 Å². The van der Waals surface area contributed by atoms with Gasteiger partial charge in [-0.3, -0.25) is 9.59 Å². The van der Waals surface area contributed by atoms with Crippen molar-refractivity contribution in [1.82, 2.24) is 15.0 Å². The summed E-state index contributed by atoms with van der Waals surface area (Å²) in [6.45, 7) is 3.74. The average Bonchev–Trinajstić information content (AvgIpc) is 3.14. The van der Waals surface area contributed by atoms with Crippen molar-refractivity contribution in [3.8, 4) is 0 Å². The fourth-order valence-corrected chi connectivity index (χ4v) is 4.87. The highest BCUT2D eigenvalue weighted by Crippen LogP contribution is 2.28. The second kappa shape index (κ2) is 8.81. The minimum atomic E-state index is -0.285. The van der Waals surface area contributed by atoms with Crippen molar-refractivity contribution in [2.75, 3.05) is 5.32 Å². The van der Waals surface area contributed by atoms with E-state index in [9.17, 15) is 9.59 Å². The van der Waals surface area contributed by atoms with Gasteiger partial charge in [0.15, 0.2) is 10.3 Å². The number of hydrogen-bond acceptors (Lipinski definition) is 6. The van der Waals surface area contributed by atoms with Gasteiger partial charge in [0, 0.05) is 17.0 Å². The highest BCUT2D eigenvalue weighted by Gasteiger charge is 2.15. The molecule has 2 aromatic carbocycles. The van der Waals surface area contributed by atoms with Crippen LogP contribution in [0, 0.1) is 13.8 Å². The lowest BCUT2D eigenvalue weighted by Crippen LogP contribution is -2.23. The van der Waals surface area contributed by atoms with Crippen molar-refractivity contribution in [3.63, 3.8) is 0 Å². The molecule has 0 aliphatic carbocycles. The summed E-state index contributed by atoms with van der Waals surface area (Å²) in [5.41, 5.74) is 3.74. The van der Waals surface area contributed by atoms with Gasteiger partial charge in [-0.25, -0.2) is 9.97 Å². The quantitative estimate of drug-likeness (QED) is 0.344. The number of fused-ring (bicyclic) bond motifs is 1. The Balaban J connectivity index is 1.45. The van der Waals surface area contributed by atoms with Gasteiger partial charge in [-0.15, -0.1) is 0 Å². The predicted octanol–water partition coefficient (Wildman–Crippen LogP) is 4.47. The smallest absolute Gasteiger partial charge is 0.255 e. The number of nitrogens with one attached hydrogen (secondary N) is 2. The summed E-state index contributed by atoms with van der Waals surface area (Å²) in [5, 5.41) is 3.88. The van der Waals surface area contributed by atoms with Crippen molar-refractivity contribution in [2.24, 2.45) is 0 Å². The van der Waals surface area contributed by atoms with E-state index in [4.69, 9.17) is 0 Å². The van der Waals surface area contributed by atoms with Crippen LogP contribution in [0.2, 0.25) is 0 Å². The van der Waals surface area contributed by atoms with E-state index in [1.54, 1.807) is 6.92 Å². The Morgan fingerprint density at radius 1 is 1.10 bits per heavy atom. The van der Waals surface area contributed by atoms with E-state index in [0.717, 1.165) is 21.3 Å². The monoisotopic (exact) mass is 436 g/mol. The number of para-hydroxylation sites is 1. The van der Waals surface area contributed by atoms with Gasteiger partial charge >= 0.3 is 0 Å². The molecule has 4 rings (SSSR count). The Bertz CT molecular complexity index is 1270. The topological polar surface area (TPSA) is 87.7 Å². The SMILES string of the molecule is Cc1nc(SCc2ccccc2)[nH]c(=O)c1CC(=O)Nc1nc2c(C)cccc2s1. The van der Waals surface area contributed by atoms with Crippen LogP contribution in [0.1, 0.15) is 22.4 Å². The van der Waals surface area contributed by atoms with E-state index in [-0.39, 0.29) is 17.9 Å². The van der Waals surface area contributed by atoms with Crippen LogP contribution in [0.4, 0.5) is 5.13 Å². The summed E-state index contributed by atoms with van der Waals surface area (Å²) < 4.78 is 1.01. The van der Waals surface area contributed by atoms with E-state index >= 15 is 0 Å². The van der Waals surface area contributed by atoms with Crippen molar-refractivity contribution in [1.29, 1.82) is 0 Å². The standard InChI is InChI=1S/C22H20N4O2S2/c1-13-7-6-10-17-19(13)25-22(30-17)24-18(27)11-16-14(2)23-21(26-20(16)28)29-12-15-8-4-3-5-9-15/h3-10H,11-12H2,1-2H3,(H,23,26,28)(H,24,25,27). The second-order valence-corrected chi connectivity index (χ2v) is 8.87. The first-order chi connectivity index (χ1) is 14.5. The Kier molecular flexibility index (Phi) is 5.96. The van der Waals surface area contributed by atoms with Gasteiger partial charge < -0.3 is 10.3 Å². The van der Waals surface area contributed by atoms with Gasteiger partial charge in [0.25, 0.3) is 5.56 Å². The summed E-state index contributed by atoms with van der Waals surface area (Å²) >= 11 is 2.88. The molecular weight excluding hydrogens is 416 g/mol. The van der Waals surface area contributed by atoms with Gasteiger partial charge in [0.2, 0.25) is 5.91 Å². The first-order valence-corrected chi connectivity index (χ1v) is 11.2. The van der Waals surface area contributed by atoms with Crippen LogP contribution in [0.25, 0.3) is 10.2 Å². The number of hydrogen-bond donors (Lipinski definition) is 2. The van der Waals surface area contributed by atoms with E-state index in [1.807, 2.05) is 55.5 Å². The van der Waals surface area contributed by atoms with Crippen LogP contribution in [-0.2, 0) is 17.0 Å². The number of amides is 1. The Hall–Kier alpha value is -2.97. The Labute approximate surface area is 181 Å². The van der Waals surface area contributed by atoms with E-state index in [2.05, 4.69) is 20.3 Å². The minimum Gasteiger partial charge on any atom is -0.302 e. The molecule has 0 spiro atoms. The Morgan fingerprint density at radius 2 is 1.90 bits per heavy atom. The zero-order valence-electron chi connectivity index (χ0n) is 16.6. The van der Waals surface area contributed by atoms with E-state index in [0.29, 0.717) is 27.3 Å². The molecule has 6 nitrogen and oxygen atoms in total. The number of carbonyl (C=O) groups excluding carboxylic acids is 1. The first-order valence-electron chi connectivity index (χ1n) is 9.42. The van der Waals surface area contributed by atoms with Gasteiger partial charge in [0.1, 0.15) is 0 Å². The number of aromatic amines is 1. The average molecular weight is 437 g/mol. The Morgan fingerprint density at radius 3 is 2.63 bits per heavy atom. The zero-order chi connectivity index (χ0) is 21.1. The maximum Gasteiger partial charge on any atom is 0.255 e. The molecule has 2 heterocycles. The number of H-pyrrole nitrogens is 1. The largest absolute Gasteiger partial charge is 0.302 e. The van der Waals surface area contributed by atoms with Crippen molar-refractivity contribution >= 4 is 44.4 Å². The molecule has 0 radical (unpaired) electrons. The van der Waals surface area contributed by atoms with Crippen LogP contribution in [0.15, 0.2) is 58.5 Å². The number of thioether (sulfide) groups is 1. The number of carbonyl (C=O) groups is 1. The van der Waals surface area contributed by atoms with Crippen LogP contribution in [-0.4, -0.2) is 20.9 Å². The molecule has 0 bridgehead atoms. The fraction of sp³-hybridized carbons (Fsp3) is 0.182. The molecule has 8 heteroatoms. The molecular formula is C22H20N4O2S2. The van der Waals surface area contributed by atoms with E-state index in [1.165, 1.54) is 23.1 Å². The molecule has 0 fully saturated rings. The summed E-state index contributed by atoms with van der Waals surface area (Å²) in [4.78, 5) is 36.8. The number of aromatic nitrogens is 3. The fourth-order valence-electron chi connectivity index (χ4n) is 3.05. The molecule has 2 N–H and O–H groups in total. The van der Waals surface area contributed by atoms with Gasteiger partial charge in [-0.1, -0.05) is 65.6 Å². The van der Waals surface area contributed by atoms with Crippen molar-refractivity contribution in [2.45, 2.75) is 31.2 Å². The lowest BCUT2D eigenvalue weighted by atomic mass is 10.1. The van der Waals surface area contributed by atoms with Crippen molar-refractivity contribution in [3.05, 3.63) is 81.3 Å². The molecule has 0 unspecified atom stereocenters. The van der Waals surface area contributed by atoms with Gasteiger partial charge in [-0.2, -0.15) is 0 Å². The number of benzene rings is 2. The third-order valence-electron chi connectivity index (χ3n) is 4.62. The maximum atomic E-state index is 12.5. The summed E-state index contributed by atoms with van der Waals surface area (Å²) in [6.07, 6.45) is -0.0489. The molecule has 0 saturated heterocycles. The number of thiazole rings is 1. The third-order valence-corrected chi connectivity index (χ3v) is 6.50. The first kappa shape index (κ1) is 20.3. The third kappa shape index (κ3) is 4.60. The lowest BCUT2D eigenvalue weighted by Gasteiger charge is -2.07. The van der Waals surface area contributed by atoms with Gasteiger partial charge in [0.05, 0.1) is 16.6 Å². The summed E-state index contributed by atoms with van der Waals surface area (Å²) in [6, 6.07) is 15.9. The minimum absolute atomic E-state index is 0.0489. The number of rotatable bonds is 6. The number of aryl methyl sites for hydroxylation is 2. The molecule has 0 atom stereocenters. The van der Waals surface area contributed by atoms with E-state index < -0.39 is 0 Å². The zero-order valence-corrected chi connectivity index (χ0v) is 18.2. The number of nitrogens with zero attached hydrogens (tertiary/aromatic N) is 2. The summed E-state index contributed by atoms with van der Waals surface area (Å²) in [7, 11) is 0. The highest BCUT2D eigenvalue weighted by atomic mass is 32.2. The molecule has 0 saturated carbocycles. The highest BCUT2D eigenvalue weighted by molar-refractivity contribution is 7.98. The van der Waals surface area contributed by atoms with Crippen LogP contribution in [0.5, 0.6) is 0 Å². The normalized spacial score (nSPS) is 11.0. The molecule has 2 aromatic heterocycles. The molecule has 0 aliphatic rings. The van der Waals surface area contributed by atoms with Crippen LogP contribution in [0.3, 0.4) is 0 Å². The molecule has 30 heavy (non-hydrogen) atoms.